The molecule has 0 atom stereocenters. The molecule has 0 amide bonds. The van der Waals surface area contributed by atoms with Crippen molar-refractivity contribution < 1.29 is 27.4 Å². The van der Waals surface area contributed by atoms with Crippen molar-refractivity contribution in [3.05, 3.63) is 29.8 Å². The highest BCUT2D eigenvalue weighted by Gasteiger charge is 2.30. The summed E-state index contributed by atoms with van der Waals surface area (Å²) in [7, 11) is 0. The van der Waals surface area contributed by atoms with Gasteiger partial charge in [-0.25, -0.2) is 4.79 Å². The van der Waals surface area contributed by atoms with Gasteiger partial charge in [-0.15, -0.1) is 0 Å². The summed E-state index contributed by atoms with van der Waals surface area (Å²) < 4.78 is 46.2. The van der Waals surface area contributed by atoms with Crippen LogP contribution in [0.25, 0.3) is 0 Å². The fourth-order valence-electron chi connectivity index (χ4n) is 1.09. The number of halogens is 3. The molecule has 0 spiro atoms. The highest BCUT2D eigenvalue weighted by molar-refractivity contribution is 5.71. The van der Waals surface area contributed by atoms with Crippen LogP contribution in [0, 0.1) is 0 Å². The molecule has 0 N–H and O–H groups in total. The van der Waals surface area contributed by atoms with Gasteiger partial charge >= 0.3 is 12.1 Å². The van der Waals surface area contributed by atoms with Crippen molar-refractivity contribution in [2.75, 3.05) is 13.2 Å². The van der Waals surface area contributed by atoms with Crippen LogP contribution in [0.15, 0.2) is 24.3 Å². The summed E-state index contributed by atoms with van der Waals surface area (Å²) in [5, 5.41) is 0. The third-order valence-corrected chi connectivity index (χ3v) is 1.84. The molecule has 1 aromatic carbocycles. The van der Waals surface area contributed by atoms with Crippen LogP contribution in [0.5, 0.6) is 5.75 Å². The van der Waals surface area contributed by atoms with Crippen molar-refractivity contribution in [3.8, 4) is 5.75 Å². The minimum atomic E-state index is -4.38. The summed E-state index contributed by atoms with van der Waals surface area (Å²) >= 11 is 0. The molecule has 0 aliphatic carbocycles. The monoisotopic (exact) mass is 248 g/mol. The molecule has 0 fully saturated rings. The number of benzene rings is 1. The molecule has 0 bridgehead atoms. The molecule has 17 heavy (non-hydrogen) atoms. The highest BCUT2D eigenvalue weighted by atomic mass is 19.4. The second-order valence-corrected chi connectivity index (χ2v) is 3.12. The van der Waals surface area contributed by atoms with E-state index in [0.717, 1.165) is 24.3 Å². The molecule has 0 saturated heterocycles. The van der Waals surface area contributed by atoms with Crippen LogP contribution in [0.2, 0.25) is 0 Å². The van der Waals surface area contributed by atoms with Gasteiger partial charge in [0, 0.05) is 0 Å². The summed E-state index contributed by atoms with van der Waals surface area (Å²) in [5.41, 5.74) is -0.763. The third-order valence-electron chi connectivity index (χ3n) is 1.84. The van der Waals surface area contributed by atoms with Crippen LogP contribution < -0.4 is 4.74 Å². The second kappa shape index (κ2) is 5.56. The van der Waals surface area contributed by atoms with E-state index < -0.39 is 17.7 Å². The number of hydrogen-bond acceptors (Lipinski definition) is 3. The third kappa shape index (κ3) is 4.34. The van der Waals surface area contributed by atoms with E-state index in [1.54, 1.807) is 6.92 Å². The van der Waals surface area contributed by atoms with Gasteiger partial charge in [-0.3, -0.25) is 0 Å². The molecule has 0 aromatic heterocycles. The lowest BCUT2D eigenvalue weighted by Gasteiger charge is -2.08. The van der Waals surface area contributed by atoms with Crippen LogP contribution in [0.4, 0.5) is 13.2 Å². The molecule has 94 valence electrons. The van der Waals surface area contributed by atoms with E-state index in [0.29, 0.717) is 0 Å². The first-order valence-electron chi connectivity index (χ1n) is 4.89. The summed E-state index contributed by atoms with van der Waals surface area (Å²) in [6, 6.07) is 4.09. The van der Waals surface area contributed by atoms with Gasteiger partial charge in [-0.1, -0.05) is 0 Å². The van der Waals surface area contributed by atoms with Gasteiger partial charge in [0.25, 0.3) is 0 Å². The van der Waals surface area contributed by atoms with Gasteiger partial charge < -0.3 is 9.47 Å². The smallest absolute Gasteiger partial charge is 0.416 e. The number of rotatable bonds is 4. The van der Waals surface area contributed by atoms with Crippen molar-refractivity contribution in [2.24, 2.45) is 0 Å². The zero-order chi connectivity index (χ0) is 12.9. The molecule has 3 nitrogen and oxygen atoms in total. The van der Waals surface area contributed by atoms with Crippen LogP contribution in [0.1, 0.15) is 12.5 Å². The van der Waals surface area contributed by atoms with E-state index in [1.165, 1.54) is 0 Å². The lowest BCUT2D eigenvalue weighted by Crippen LogP contribution is -2.14. The number of carbonyl (C=O) groups is 1. The summed E-state index contributed by atoms with van der Waals surface area (Å²) in [4.78, 5) is 10.9. The molecule has 0 heterocycles. The number of alkyl halides is 3. The van der Waals surface area contributed by atoms with Gasteiger partial charge in [0.05, 0.1) is 12.2 Å². The van der Waals surface area contributed by atoms with Gasteiger partial charge in [-0.05, 0) is 31.2 Å². The quantitative estimate of drug-likeness (QED) is 0.768. The molecule has 0 radical (unpaired) electrons. The molecule has 0 unspecified atom stereocenters. The first kappa shape index (κ1) is 13.3. The average molecular weight is 248 g/mol. The fraction of sp³-hybridized carbons (Fsp3) is 0.364. The first-order valence-corrected chi connectivity index (χ1v) is 4.89. The molecular weight excluding hydrogens is 237 g/mol. The minimum Gasteiger partial charge on any atom is -0.482 e. The lowest BCUT2D eigenvalue weighted by atomic mass is 10.2. The number of esters is 1. The Labute approximate surface area is 96.1 Å². The number of hydrogen-bond donors (Lipinski definition) is 0. The Morgan fingerprint density at radius 3 is 2.29 bits per heavy atom. The maximum absolute atomic E-state index is 12.2. The molecular formula is C11H11F3O3. The van der Waals surface area contributed by atoms with Crippen molar-refractivity contribution in [1.82, 2.24) is 0 Å². The zero-order valence-corrected chi connectivity index (χ0v) is 9.08. The normalized spacial score (nSPS) is 11.1. The Bertz CT molecular complexity index is 371. The molecule has 6 heteroatoms. The Morgan fingerprint density at radius 2 is 1.82 bits per heavy atom. The van der Waals surface area contributed by atoms with Crippen molar-refractivity contribution >= 4 is 5.97 Å². The minimum absolute atomic E-state index is 0.186. The Kier molecular flexibility index (Phi) is 4.37. The van der Waals surface area contributed by atoms with Crippen molar-refractivity contribution in [2.45, 2.75) is 13.1 Å². The van der Waals surface area contributed by atoms with E-state index in [4.69, 9.17) is 4.74 Å². The molecule has 0 saturated carbocycles. The summed E-state index contributed by atoms with van der Waals surface area (Å²) in [6.45, 7) is 1.56. The zero-order valence-electron chi connectivity index (χ0n) is 9.08. The molecule has 0 aliphatic rings. The molecule has 1 aromatic rings. The van der Waals surface area contributed by atoms with E-state index >= 15 is 0 Å². The SMILES string of the molecule is CCOC(=O)COc1ccc(C(F)(F)F)cc1. The molecule has 0 aliphatic heterocycles. The maximum Gasteiger partial charge on any atom is 0.416 e. The lowest BCUT2D eigenvalue weighted by molar-refractivity contribution is -0.145. The van der Waals surface area contributed by atoms with E-state index in [1.807, 2.05) is 0 Å². The standard InChI is InChI=1S/C11H11F3O3/c1-2-16-10(15)7-17-9-5-3-8(4-6-9)11(12,13)14/h3-6H,2,7H2,1H3. The molecule has 1 rings (SSSR count). The van der Waals surface area contributed by atoms with Crippen molar-refractivity contribution in [1.29, 1.82) is 0 Å². The number of carbonyl (C=O) groups excluding carboxylic acids is 1. The Balaban J connectivity index is 2.54. The van der Waals surface area contributed by atoms with Gasteiger partial charge in [0.1, 0.15) is 5.75 Å². The van der Waals surface area contributed by atoms with Crippen molar-refractivity contribution in [3.63, 3.8) is 0 Å². The van der Waals surface area contributed by atoms with Crippen LogP contribution in [-0.4, -0.2) is 19.2 Å². The van der Waals surface area contributed by atoms with Gasteiger partial charge in [0.15, 0.2) is 6.61 Å². The first-order chi connectivity index (χ1) is 7.93. The Morgan fingerprint density at radius 1 is 1.24 bits per heavy atom. The van der Waals surface area contributed by atoms with Crippen LogP contribution in [-0.2, 0) is 15.7 Å². The summed E-state index contributed by atoms with van der Waals surface area (Å²) in [5.74, 6) is -0.376. The fourth-order valence-corrected chi connectivity index (χ4v) is 1.09. The predicted octanol–water partition coefficient (Wildman–Crippen LogP) is 2.65. The number of ether oxygens (including phenoxy) is 2. The average Bonchev–Trinajstić information content (AvgIpc) is 2.26. The topological polar surface area (TPSA) is 35.5 Å². The van der Waals surface area contributed by atoms with E-state index in [-0.39, 0.29) is 19.0 Å². The second-order valence-electron chi connectivity index (χ2n) is 3.12. The Hall–Kier alpha value is -1.72. The summed E-state index contributed by atoms with van der Waals surface area (Å²) in [6.07, 6.45) is -4.38. The van der Waals surface area contributed by atoms with Gasteiger partial charge in [0.2, 0.25) is 0 Å². The maximum atomic E-state index is 12.2. The van der Waals surface area contributed by atoms with Gasteiger partial charge in [-0.2, -0.15) is 13.2 Å². The largest absolute Gasteiger partial charge is 0.482 e. The predicted molar refractivity (Wildman–Crippen MR) is 53.6 cm³/mol. The highest BCUT2D eigenvalue weighted by Crippen LogP contribution is 2.30. The van der Waals surface area contributed by atoms with E-state index in [2.05, 4.69) is 4.74 Å². The van der Waals surface area contributed by atoms with Crippen LogP contribution in [0.3, 0.4) is 0 Å². The van der Waals surface area contributed by atoms with E-state index in [9.17, 15) is 18.0 Å². The van der Waals surface area contributed by atoms with Crippen LogP contribution >= 0.6 is 0 Å².